The number of amides is 3. The van der Waals surface area contributed by atoms with E-state index in [4.69, 9.17) is 15.7 Å². The number of aromatic amines is 1. The van der Waals surface area contributed by atoms with Crippen molar-refractivity contribution in [3.8, 4) is 5.75 Å². The topological polar surface area (TPSA) is 244 Å². The first kappa shape index (κ1) is 35.9. The summed E-state index contributed by atoms with van der Waals surface area (Å²) in [7, 11) is 0. The normalized spacial score (nSPS) is 12.8. The number of fused-ring (bicyclic) bond motifs is 1. The first-order valence-corrected chi connectivity index (χ1v) is 16.4. The Labute approximate surface area is 293 Å². The molecule has 0 aliphatic carbocycles. The van der Waals surface area contributed by atoms with Crippen LogP contribution in [0.1, 0.15) is 52.0 Å². The fourth-order valence-electron chi connectivity index (χ4n) is 6.00. The molecule has 5 aromatic rings. The molecule has 0 bridgehead atoms. The number of H-pyrrole nitrogens is 1. The number of rotatable bonds is 15. The van der Waals surface area contributed by atoms with Crippen LogP contribution in [0.3, 0.4) is 0 Å². The van der Waals surface area contributed by atoms with Crippen molar-refractivity contribution in [2.45, 2.75) is 57.7 Å². The predicted molar refractivity (Wildman–Crippen MR) is 189 cm³/mol. The summed E-state index contributed by atoms with van der Waals surface area (Å²) in [5.41, 5.74) is 10.2. The van der Waals surface area contributed by atoms with E-state index in [0.29, 0.717) is 28.9 Å². The fourth-order valence-corrected chi connectivity index (χ4v) is 6.00. The van der Waals surface area contributed by atoms with Crippen LogP contribution in [0, 0.1) is 19.3 Å². The highest BCUT2D eigenvalue weighted by molar-refractivity contribution is 5.91. The summed E-state index contributed by atoms with van der Waals surface area (Å²) in [6.07, 6.45) is 1.05. The molecular weight excluding hydrogens is 654 g/mol. The molecule has 3 amide bonds. The molecule has 15 nitrogen and oxygen atoms in total. The largest absolute Gasteiger partial charge is 0.508 e. The lowest BCUT2D eigenvalue weighted by molar-refractivity contribution is -0.130. The van der Waals surface area contributed by atoms with E-state index < -0.39 is 36.0 Å². The van der Waals surface area contributed by atoms with E-state index in [1.54, 1.807) is 26.0 Å². The summed E-state index contributed by atoms with van der Waals surface area (Å²) in [5, 5.41) is 42.6. The number of aryl methyl sites for hydroxylation is 2. The zero-order chi connectivity index (χ0) is 36.5. The number of guanidine groups is 1. The van der Waals surface area contributed by atoms with E-state index in [-0.39, 0.29) is 43.4 Å². The van der Waals surface area contributed by atoms with Crippen LogP contribution < -0.4 is 27.0 Å². The SMILES string of the molecule is Cc1cc(O)cc(C)c1C[C@H](NC(=O)[C@@H](CCNC(=N)N)NC(=O)O)C(=O)N[C@@H](Cc1c[nH]c2ccccc12)c1nc(Cc2ccccc2)no1. The van der Waals surface area contributed by atoms with Gasteiger partial charge in [-0.2, -0.15) is 4.98 Å². The minimum absolute atomic E-state index is 0.0178. The number of carbonyl (C=O) groups is 3. The molecule has 0 spiro atoms. The van der Waals surface area contributed by atoms with Crippen molar-refractivity contribution in [3.05, 3.63) is 112 Å². The number of para-hydroxylation sites is 1. The minimum atomic E-state index is -1.44. The fraction of sp³-hybridized carbons (Fsp3) is 0.278. The Balaban J connectivity index is 1.46. The van der Waals surface area contributed by atoms with Crippen molar-refractivity contribution in [1.82, 2.24) is 36.4 Å². The van der Waals surface area contributed by atoms with Gasteiger partial charge in [-0.25, -0.2) is 4.79 Å². The third-order valence-electron chi connectivity index (χ3n) is 8.49. The van der Waals surface area contributed by atoms with Gasteiger partial charge in [-0.05, 0) is 66.3 Å². The average molecular weight is 696 g/mol. The molecule has 2 heterocycles. The van der Waals surface area contributed by atoms with Crippen LogP contribution in [0.15, 0.2) is 77.4 Å². The Kier molecular flexibility index (Phi) is 11.5. The molecule has 3 aromatic carbocycles. The Morgan fingerprint density at radius 3 is 2.33 bits per heavy atom. The highest BCUT2D eigenvalue weighted by atomic mass is 16.5. The first-order valence-electron chi connectivity index (χ1n) is 16.4. The maximum Gasteiger partial charge on any atom is 0.405 e. The van der Waals surface area contributed by atoms with Crippen LogP contribution in [0.5, 0.6) is 5.75 Å². The molecule has 0 saturated heterocycles. The second-order valence-corrected chi connectivity index (χ2v) is 12.3. The van der Waals surface area contributed by atoms with E-state index in [9.17, 15) is 24.6 Å². The van der Waals surface area contributed by atoms with Crippen molar-refractivity contribution in [2.75, 3.05) is 6.54 Å². The van der Waals surface area contributed by atoms with E-state index in [2.05, 4.69) is 36.4 Å². The molecule has 266 valence electrons. The Hall–Kier alpha value is -6.38. The van der Waals surface area contributed by atoms with Gasteiger partial charge >= 0.3 is 6.09 Å². The van der Waals surface area contributed by atoms with Crippen LogP contribution in [-0.2, 0) is 28.9 Å². The zero-order valence-corrected chi connectivity index (χ0v) is 28.2. The number of hydrogen-bond donors (Lipinski definition) is 9. The molecule has 5 rings (SSSR count). The first-order chi connectivity index (χ1) is 24.5. The molecule has 0 fully saturated rings. The molecular formula is C36H41N9O6. The second kappa shape index (κ2) is 16.3. The quantitative estimate of drug-likeness (QED) is 0.0572. The monoisotopic (exact) mass is 695 g/mol. The summed E-state index contributed by atoms with van der Waals surface area (Å²) < 4.78 is 5.73. The standard InChI is InChI=1S/C36H41N9O6/c1-20-14-24(46)15-21(2)26(20)18-29(41-32(47)28(43-36(49)50)12-13-39-35(37)38)33(48)42-30(17-23-19-40-27-11-7-6-10-25(23)27)34-44-31(45-51-34)16-22-8-4-3-5-9-22/h3-11,14-15,19,28-30,40,43,46H,12-13,16-18H2,1-2H3,(H,41,47)(H,42,48)(H,49,50)(H4,37,38,39)/t28-,29+,30+/m1/s1. The maximum atomic E-state index is 14.3. The lowest BCUT2D eigenvalue weighted by Crippen LogP contribution is -2.55. The van der Waals surface area contributed by atoms with Crippen LogP contribution in [0.25, 0.3) is 10.9 Å². The Morgan fingerprint density at radius 2 is 1.63 bits per heavy atom. The van der Waals surface area contributed by atoms with Gasteiger partial charge in [0.05, 0.1) is 0 Å². The van der Waals surface area contributed by atoms with Crippen LogP contribution >= 0.6 is 0 Å². The van der Waals surface area contributed by atoms with Gasteiger partial charge in [0.15, 0.2) is 11.8 Å². The predicted octanol–water partition coefficient (Wildman–Crippen LogP) is 3.10. The maximum absolute atomic E-state index is 14.3. The summed E-state index contributed by atoms with van der Waals surface area (Å²) >= 11 is 0. The molecule has 51 heavy (non-hydrogen) atoms. The van der Waals surface area contributed by atoms with Gasteiger partial charge in [0.2, 0.25) is 17.7 Å². The number of aromatic hydroxyl groups is 1. The Morgan fingerprint density at radius 1 is 0.941 bits per heavy atom. The molecule has 15 heteroatoms. The molecule has 0 aliphatic heterocycles. The van der Waals surface area contributed by atoms with Crippen LogP contribution in [0.2, 0.25) is 0 Å². The second-order valence-electron chi connectivity index (χ2n) is 12.3. The number of phenols is 1. The summed E-state index contributed by atoms with van der Waals surface area (Å²) in [4.78, 5) is 47.4. The smallest absolute Gasteiger partial charge is 0.405 e. The number of phenolic OH excluding ortho intramolecular Hbond substituents is 1. The van der Waals surface area contributed by atoms with Crippen molar-refractivity contribution >= 4 is 34.8 Å². The molecule has 3 atom stereocenters. The molecule has 2 aromatic heterocycles. The lowest BCUT2D eigenvalue weighted by Gasteiger charge is -2.25. The number of benzene rings is 3. The van der Waals surface area contributed by atoms with Crippen molar-refractivity contribution in [1.29, 1.82) is 5.41 Å². The summed E-state index contributed by atoms with van der Waals surface area (Å²) in [6, 6.07) is 17.2. The van der Waals surface area contributed by atoms with E-state index in [1.807, 2.05) is 60.8 Å². The third kappa shape index (κ3) is 9.62. The Bertz CT molecular complexity index is 1990. The number of carboxylic acid groups (broad SMARTS) is 1. The van der Waals surface area contributed by atoms with Gasteiger partial charge in [0.25, 0.3) is 0 Å². The van der Waals surface area contributed by atoms with Gasteiger partial charge in [0.1, 0.15) is 23.9 Å². The highest BCUT2D eigenvalue weighted by Gasteiger charge is 2.31. The van der Waals surface area contributed by atoms with Gasteiger partial charge < -0.3 is 46.7 Å². The van der Waals surface area contributed by atoms with Gasteiger partial charge in [-0.15, -0.1) is 0 Å². The number of nitrogens with two attached hydrogens (primary N) is 1. The molecule has 0 aliphatic rings. The van der Waals surface area contributed by atoms with Crippen molar-refractivity contribution in [3.63, 3.8) is 0 Å². The number of nitrogens with zero attached hydrogens (tertiary/aromatic N) is 2. The molecule has 0 radical (unpaired) electrons. The van der Waals surface area contributed by atoms with Crippen LogP contribution in [-0.4, -0.2) is 67.8 Å². The van der Waals surface area contributed by atoms with Crippen molar-refractivity contribution < 1.29 is 29.1 Å². The summed E-state index contributed by atoms with van der Waals surface area (Å²) in [6.45, 7) is 3.59. The van der Waals surface area contributed by atoms with Gasteiger partial charge in [-0.3, -0.25) is 15.0 Å². The average Bonchev–Trinajstić information content (AvgIpc) is 3.72. The van der Waals surface area contributed by atoms with Gasteiger partial charge in [0, 0.05) is 42.9 Å². The van der Waals surface area contributed by atoms with E-state index in [0.717, 1.165) is 22.0 Å². The number of aromatic nitrogens is 3. The number of carbonyl (C=O) groups excluding carboxylic acids is 2. The third-order valence-corrected chi connectivity index (χ3v) is 8.49. The van der Waals surface area contributed by atoms with E-state index in [1.165, 1.54) is 0 Å². The number of nitrogens with one attached hydrogen (secondary N) is 6. The molecule has 0 saturated carbocycles. The molecule has 10 N–H and O–H groups in total. The summed E-state index contributed by atoms with van der Waals surface area (Å²) in [5.74, 6) is -1.02. The van der Waals surface area contributed by atoms with E-state index >= 15 is 0 Å². The zero-order valence-electron chi connectivity index (χ0n) is 28.2. The number of hydrogen-bond acceptors (Lipinski definition) is 8. The van der Waals surface area contributed by atoms with Crippen molar-refractivity contribution in [2.24, 2.45) is 5.73 Å². The van der Waals surface area contributed by atoms with Gasteiger partial charge in [-0.1, -0.05) is 53.7 Å². The highest BCUT2D eigenvalue weighted by Crippen LogP contribution is 2.26. The van der Waals surface area contributed by atoms with Crippen LogP contribution in [0.4, 0.5) is 4.79 Å². The minimum Gasteiger partial charge on any atom is -0.508 e. The molecule has 0 unspecified atom stereocenters. The lowest BCUT2D eigenvalue weighted by atomic mass is 9.95.